The van der Waals surface area contributed by atoms with Gasteiger partial charge in [-0.2, -0.15) is 0 Å². The summed E-state index contributed by atoms with van der Waals surface area (Å²) in [5.74, 6) is -1.83. The lowest BCUT2D eigenvalue weighted by Gasteiger charge is -2.24. The van der Waals surface area contributed by atoms with Gasteiger partial charge in [0.1, 0.15) is 12.2 Å². The SMILES string of the molecule is CC(=O)OC1[C@@H](OC(C)=O)[C@@H]2C=CC=C[C@@H]2[C@H]1OC(C)=O. The Labute approximate surface area is 122 Å². The van der Waals surface area contributed by atoms with Crippen LogP contribution in [0.2, 0.25) is 0 Å². The Morgan fingerprint density at radius 3 is 1.33 bits per heavy atom. The molecule has 1 saturated carbocycles. The largest absolute Gasteiger partial charge is 0.458 e. The summed E-state index contributed by atoms with van der Waals surface area (Å²) >= 11 is 0. The van der Waals surface area contributed by atoms with Crippen molar-refractivity contribution in [2.24, 2.45) is 11.8 Å². The number of hydrogen-bond donors (Lipinski definition) is 0. The molecule has 0 aromatic heterocycles. The quantitative estimate of drug-likeness (QED) is 0.574. The van der Waals surface area contributed by atoms with Crippen molar-refractivity contribution < 1.29 is 28.6 Å². The normalized spacial score (nSPS) is 33.2. The minimum Gasteiger partial charge on any atom is -0.458 e. The van der Waals surface area contributed by atoms with Gasteiger partial charge in [-0.1, -0.05) is 24.3 Å². The highest BCUT2D eigenvalue weighted by Gasteiger charge is 2.54. The Hall–Kier alpha value is -2.11. The van der Waals surface area contributed by atoms with Crippen LogP contribution in [0, 0.1) is 11.8 Å². The van der Waals surface area contributed by atoms with Gasteiger partial charge < -0.3 is 14.2 Å². The maximum Gasteiger partial charge on any atom is 0.303 e. The van der Waals surface area contributed by atoms with Gasteiger partial charge in [-0.25, -0.2) is 0 Å². The second-order valence-electron chi connectivity index (χ2n) is 5.15. The zero-order valence-corrected chi connectivity index (χ0v) is 12.1. The van der Waals surface area contributed by atoms with Crippen molar-refractivity contribution in [1.29, 1.82) is 0 Å². The first-order valence-electron chi connectivity index (χ1n) is 6.77. The van der Waals surface area contributed by atoms with E-state index in [0.717, 1.165) is 0 Å². The smallest absolute Gasteiger partial charge is 0.303 e. The summed E-state index contributed by atoms with van der Waals surface area (Å²) in [6.07, 6.45) is 5.27. The molecule has 0 N–H and O–H groups in total. The zero-order chi connectivity index (χ0) is 15.6. The fraction of sp³-hybridized carbons (Fsp3) is 0.533. The molecule has 2 rings (SSSR count). The molecule has 0 aromatic carbocycles. The predicted octanol–water partition coefficient (Wildman–Crippen LogP) is 1.15. The monoisotopic (exact) mass is 294 g/mol. The van der Waals surface area contributed by atoms with Crippen molar-refractivity contribution in [3.63, 3.8) is 0 Å². The number of carbonyl (C=O) groups excluding carboxylic acids is 3. The zero-order valence-electron chi connectivity index (χ0n) is 12.1. The molecule has 6 heteroatoms. The number of rotatable bonds is 3. The van der Waals surface area contributed by atoms with E-state index in [2.05, 4.69) is 0 Å². The van der Waals surface area contributed by atoms with Crippen LogP contribution in [0.15, 0.2) is 24.3 Å². The molecule has 6 nitrogen and oxygen atoms in total. The number of fused-ring (bicyclic) bond motifs is 1. The van der Waals surface area contributed by atoms with Gasteiger partial charge in [0.2, 0.25) is 0 Å². The minimum absolute atomic E-state index is 0.187. The van der Waals surface area contributed by atoms with Crippen molar-refractivity contribution in [3.05, 3.63) is 24.3 Å². The van der Waals surface area contributed by atoms with Gasteiger partial charge in [0.25, 0.3) is 0 Å². The second kappa shape index (κ2) is 6.11. The Kier molecular flexibility index (Phi) is 4.45. The van der Waals surface area contributed by atoms with Crippen LogP contribution >= 0.6 is 0 Å². The number of esters is 3. The van der Waals surface area contributed by atoms with Crippen LogP contribution in [0.3, 0.4) is 0 Å². The summed E-state index contributed by atoms with van der Waals surface area (Å²) in [6, 6.07) is 0. The van der Waals surface area contributed by atoms with E-state index in [1.807, 2.05) is 24.3 Å². The molecule has 2 aliphatic carbocycles. The van der Waals surface area contributed by atoms with Crippen LogP contribution in [0.1, 0.15) is 20.8 Å². The summed E-state index contributed by atoms with van der Waals surface area (Å²) in [5.41, 5.74) is 0. The van der Waals surface area contributed by atoms with Crippen molar-refractivity contribution in [2.45, 2.75) is 39.1 Å². The molecule has 114 valence electrons. The molecule has 0 radical (unpaired) electrons. The summed E-state index contributed by atoms with van der Waals surface area (Å²) in [6.45, 7) is 3.85. The molecule has 1 fully saturated rings. The molecule has 0 bridgehead atoms. The van der Waals surface area contributed by atoms with E-state index in [0.29, 0.717) is 0 Å². The van der Waals surface area contributed by atoms with Gasteiger partial charge in [-0.05, 0) is 0 Å². The van der Waals surface area contributed by atoms with E-state index in [-0.39, 0.29) is 11.8 Å². The van der Waals surface area contributed by atoms with Crippen molar-refractivity contribution in [2.75, 3.05) is 0 Å². The highest BCUT2D eigenvalue weighted by atomic mass is 16.6. The number of carbonyl (C=O) groups is 3. The maximum atomic E-state index is 11.3. The van der Waals surface area contributed by atoms with Crippen LogP contribution in [0.4, 0.5) is 0 Å². The van der Waals surface area contributed by atoms with Gasteiger partial charge in [-0.15, -0.1) is 0 Å². The molecule has 0 aromatic rings. The molecule has 21 heavy (non-hydrogen) atoms. The minimum atomic E-state index is -0.808. The van der Waals surface area contributed by atoms with Gasteiger partial charge in [0, 0.05) is 32.6 Å². The van der Waals surface area contributed by atoms with Gasteiger partial charge in [0.05, 0.1) is 0 Å². The molecule has 2 aliphatic rings. The van der Waals surface area contributed by atoms with E-state index < -0.39 is 36.2 Å². The second-order valence-corrected chi connectivity index (χ2v) is 5.15. The third kappa shape index (κ3) is 3.32. The van der Waals surface area contributed by atoms with Crippen molar-refractivity contribution in [3.8, 4) is 0 Å². The van der Waals surface area contributed by atoms with E-state index >= 15 is 0 Å². The first kappa shape index (κ1) is 15.3. The lowest BCUT2D eigenvalue weighted by Crippen LogP contribution is -2.40. The topological polar surface area (TPSA) is 78.9 Å². The van der Waals surface area contributed by atoms with Crippen LogP contribution < -0.4 is 0 Å². The molecule has 0 heterocycles. The van der Waals surface area contributed by atoms with Crippen LogP contribution in [-0.2, 0) is 28.6 Å². The number of hydrogen-bond acceptors (Lipinski definition) is 6. The molecule has 0 saturated heterocycles. The molecular formula is C15H18O6. The van der Waals surface area contributed by atoms with Crippen LogP contribution in [-0.4, -0.2) is 36.2 Å². The van der Waals surface area contributed by atoms with Crippen LogP contribution in [0.5, 0.6) is 0 Å². The lowest BCUT2D eigenvalue weighted by molar-refractivity contribution is -0.175. The fourth-order valence-corrected chi connectivity index (χ4v) is 2.92. The van der Waals surface area contributed by atoms with Crippen molar-refractivity contribution >= 4 is 17.9 Å². The lowest BCUT2D eigenvalue weighted by atomic mass is 9.90. The highest BCUT2D eigenvalue weighted by Crippen LogP contribution is 2.41. The standard InChI is InChI=1S/C15H18O6/c1-8(16)19-13-11-6-4-5-7-12(11)14(20-9(2)17)15(13)21-10(3)18/h4-7,11-15H,1-3H3/t11-,12+,13+,14-,15?. The molecule has 0 aliphatic heterocycles. The average Bonchev–Trinajstić information content (AvgIpc) is 2.64. The fourth-order valence-electron chi connectivity index (χ4n) is 2.92. The Morgan fingerprint density at radius 1 is 0.667 bits per heavy atom. The Bertz CT molecular complexity index is 468. The third-order valence-corrected chi connectivity index (χ3v) is 3.53. The molecular weight excluding hydrogens is 276 g/mol. The van der Waals surface area contributed by atoms with Gasteiger partial charge in [0.15, 0.2) is 6.10 Å². The Balaban J connectivity index is 2.33. The first-order valence-corrected chi connectivity index (χ1v) is 6.77. The Morgan fingerprint density at radius 2 is 1.00 bits per heavy atom. The van der Waals surface area contributed by atoms with Crippen LogP contribution in [0.25, 0.3) is 0 Å². The van der Waals surface area contributed by atoms with E-state index in [1.54, 1.807) is 0 Å². The van der Waals surface area contributed by atoms with Gasteiger partial charge >= 0.3 is 17.9 Å². The summed E-state index contributed by atoms with van der Waals surface area (Å²) in [5, 5.41) is 0. The highest BCUT2D eigenvalue weighted by molar-refractivity contribution is 5.68. The van der Waals surface area contributed by atoms with Gasteiger partial charge in [-0.3, -0.25) is 14.4 Å². The number of ether oxygens (including phenoxy) is 3. The van der Waals surface area contributed by atoms with E-state index in [4.69, 9.17) is 14.2 Å². The average molecular weight is 294 g/mol. The first-order chi connectivity index (χ1) is 9.90. The van der Waals surface area contributed by atoms with E-state index in [9.17, 15) is 14.4 Å². The molecule has 5 atom stereocenters. The predicted molar refractivity (Wildman–Crippen MR) is 71.9 cm³/mol. The summed E-state index contributed by atoms with van der Waals surface area (Å²) < 4.78 is 15.9. The van der Waals surface area contributed by atoms with E-state index in [1.165, 1.54) is 20.8 Å². The molecule has 0 spiro atoms. The summed E-state index contributed by atoms with van der Waals surface area (Å²) in [7, 11) is 0. The van der Waals surface area contributed by atoms with Crippen molar-refractivity contribution in [1.82, 2.24) is 0 Å². The summed E-state index contributed by atoms with van der Waals surface area (Å²) in [4.78, 5) is 34.0. The molecule has 1 unspecified atom stereocenters. The maximum absolute atomic E-state index is 11.3. The third-order valence-electron chi connectivity index (χ3n) is 3.53. The number of allylic oxidation sites excluding steroid dienone is 2. The molecule has 0 amide bonds.